The molecule has 0 bridgehead atoms. The number of carbonyl (C=O) groups is 2. The Kier molecular flexibility index (Phi) is 15.9. The van der Waals surface area contributed by atoms with Crippen LogP contribution in [-0.2, 0) is 14.3 Å². The highest BCUT2D eigenvalue weighted by molar-refractivity contribution is 6.18. The van der Waals surface area contributed by atoms with Crippen molar-refractivity contribution in [2.24, 2.45) is 0 Å². The molecule has 0 fully saturated rings. The van der Waals surface area contributed by atoms with Crippen LogP contribution in [0.5, 0.6) is 0 Å². The number of halogens is 1. The summed E-state index contributed by atoms with van der Waals surface area (Å²) in [6.07, 6.45) is 11.8. The van der Waals surface area contributed by atoms with Crippen LogP contribution in [0.25, 0.3) is 0 Å². The molecule has 1 unspecified atom stereocenters. The van der Waals surface area contributed by atoms with Gasteiger partial charge in [0, 0.05) is 7.05 Å². The molecule has 1 atom stereocenters. The molecule has 0 aromatic rings. The Bertz CT molecular complexity index is 352. The van der Waals surface area contributed by atoms with Crippen LogP contribution in [0.3, 0.4) is 0 Å². The van der Waals surface area contributed by atoms with Gasteiger partial charge >= 0.3 is 12.1 Å². The van der Waals surface area contributed by atoms with E-state index in [1.165, 1.54) is 63.3 Å². The molecule has 0 N–H and O–H groups in total. The van der Waals surface area contributed by atoms with Crippen molar-refractivity contribution in [1.82, 2.24) is 4.90 Å². The number of carbonyl (C=O) groups excluding carboxylic acids is 2. The highest BCUT2D eigenvalue weighted by Gasteiger charge is 2.24. The molecule has 0 aliphatic heterocycles. The Hall–Kier alpha value is -0.970. The predicted molar refractivity (Wildman–Crippen MR) is 102 cm³/mol. The van der Waals surface area contributed by atoms with Crippen LogP contribution in [0, 0.1) is 0 Å². The lowest BCUT2D eigenvalue weighted by molar-refractivity contribution is -0.148. The number of hydrogen-bond acceptors (Lipinski definition) is 4. The number of ether oxygens (including phenoxy) is 2. The maximum absolute atomic E-state index is 11.9. The van der Waals surface area contributed by atoms with Crippen molar-refractivity contribution in [2.45, 2.75) is 84.1 Å². The van der Waals surface area contributed by atoms with Crippen molar-refractivity contribution in [3.63, 3.8) is 0 Å². The highest BCUT2D eigenvalue weighted by Crippen LogP contribution is 2.10. The average molecular weight is 378 g/mol. The van der Waals surface area contributed by atoms with Crippen LogP contribution < -0.4 is 0 Å². The Morgan fingerprint density at radius 2 is 1.40 bits per heavy atom. The second-order valence-corrected chi connectivity index (χ2v) is 6.82. The lowest BCUT2D eigenvalue weighted by Gasteiger charge is -2.22. The van der Waals surface area contributed by atoms with E-state index in [0.29, 0.717) is 6.61 Å². The van der Waals surface area contributed by atoms with E-state index >= 15 is 0 Å². The van der Waals surface area contributed by atoms with Gasteiger partial charge in [0.1, 0.15) is 12.6 Å². The third-order valence-electron chi connectivity index (χ3n) is 4.25. The minimum absolute atomic E-state index is 0.130. The molecule has 0 saturated carbocycles. The standard InChI is InChI=1S/C19H36ClNO4/c1-4-5-6-7-8-9-10-11-12-13-15-24-18(22)17(2)21(3)19(23)25-16-14-20/h17H,4-16H2,1-3H3. The first kappa shape index (κ1) is 24.0. The number of esters is 1. The fourth-order valence-corrected chi connectivity index (χ4v) is 2.50. The molecule has 0 aromatic heterocycles. The fraction of sp³-hybridized carbons (Fsp3) is 0.895. The maximum atomic E-state index is 11.9. The summed E-state index contributed by atoms with van der Waals surface area (Å²) >= 11 is 5.46. The zero-order valence-electron chi connectivity index (χ0n) is 16.2. The molecule has 0 rings (SSSR count). The zero-order valence-corrected chi connectivity index (χ0v) is 17.0. The third kappa shape index (κ3) is 13.0. The SMILES string of the molecule is CCCCCCCCCCCCOC(=O)C(C)N(C)C(=O)OCCCl. The van der Waals surface area contributed by atoms with E-state index in [1.54, 1.807) is 6.92 Å². The minimum atomic E-state index is -0.661. The van der Waals surface area contributed by atoms with E-state index in [-0.39, 0.29) is 12.5 Å². The van der Waals surface area contributed by atoms with Crippen molar-refractivity contribution in [1.29, 1.82) is 0 Å². The van der Waals surface area contributed by atoms with Gasteiger partial charge in [-0.3, -0.25) is 4.90 Å². The van der Waals surface area contributed by atoms with E-state index in [4.69, 9.17) is 21.1 Å². The second kappa shape index (κ2) is 16.5. The van der Waals surface area contributed by atoms with E-state index in [9.17, 15) is 9.59 Å². The van der Waals surface area contributed by atoms with Gasteiger partial charge in [-0.2, -0.15) is 0 Å². The summed E-state index contributed by atoms with van der Waals surface area (Å²) in [6.45, 7) is 4.40. The van der Waals surface area contributed by atoms with Crippen molar-refractivity contribution in [3.05, 3.63) is 0 Å². The summed E-state index contributed by atoms with van der Waals surface area (Å²) in [6, 6.07) is -0.661. The number of nitrogens with zero attached hydrogens (tertiary/aromatic N) is 1. The molecule has 0 aliphatic carbocycles. The highest BCUT2D eigenvalue weighted by atomic mass is 35.5. The summed E-state index contributed by atoms with van der Waals surface area (Å²) in [5, 5.41) is 0. The summed E-state index contributed by atoms with van der Waals surface area (Å²) in [4.78, 5) is 24.8. The molecule has 6 heteroatoms. The number of amides is 1. The molecule has 25 heavy (non-hydrogen) atoms. The zero-order chi connectivity index (χ0) is 18.9. The van der Waals surface area contributed by atoms with Gasteiger partial charge in [-0.1, -0.05) is 64.7 Å². The maximum Gasteiger partial charge on any atom is 0.410 e. The molecule has 0 aromatic carbocycles. The van der Waals surface area contributed by atoms with Gasteiger partial charge in [-0.25, -0.2) is 9.59 Å². The fourth-order valence-electron chi connectivity index (χ4n) is 2.43. The first-order valence-corrected chi connectivity index (χ1v) is 10.2. The first-order valence-electron chi connectivity index (χ1n) is 9.66. The Labute approximate surface area is 158 Å². The van der Waals surface area contributed by atoms with Crippen LogP contribution in [0.1, 0.15) is 78.1 Å². The van der Waals surface area contributed by atoms with Crippen molar-refractivity contribution in [2.75, 3.05) is 26.1 Å². The van der Waals surface area contributed by atoms with Gasteiger partial charge in [0.2, 0.25) is 0 Å². The second-order valence-electron chi connectivity index (χ2n) is 6.44. The Morgan fingerprint density at radius 1 is 0.880 bits per heavy atom. The predicted octanol–water partition coefficient (Wildman–Crippen LogP) is 5.15. The van der Waals surface area contributed by atoms with Crippen molar-refractivity contribution in [3.8, 4) is 0 Å². The van der Waals surface area contributed by atoms with Crippen molar-refractivity contribution >= 4 is 23.7 Å². The average Bonchev–Trinajstić information content (AvgIpc) is 2.62. The van der Waals surface area contributed by atoms with Crippen LogP contribution in [0.15, 0.2) is 0 Å². The molecular formula is C19H36ClNO4. The van der Waals surface area contributed by atoms with Crippen LogP contribution in [0.2, 0.25) is 0 Å². The van der Waals surface area contributed by atoms with E-state index < -0.39 is 18.1 Å². The summed E-state index contributed by atoms with van der Waals surface area (Å²) in [5.74, 6) is -0.168. The lowest BCUT2D eigenvalue weighted by atomic mass is 10.1. The van der Waals surface area contributed by atoms with E-state index in [1.807, 2.05) is 0 Å². The summed E-state index contributed by atoms with van der Waals surface area (Å²) in [7, 11) is 1.52. The van der Waals surface area contributed by atoms with Gasteiger partial charge in [-0.05, 0) is 13.3 Å². The molecule has 1 amide bonds. The molecule has 0 heterocycles. The number of alkyl halides is 1. The normalized spacial score (nSPS) is 11.8. The summed E-state index contributed by atoms with van der Waals surface area (Å²) in [5.41, 5.74) is 0. The number of rotatable bonds is 15. The van der Waals surface area contributed by atoms with E-state index in [0.717, 1.165) is 12.8 Å². The van der Waals surface area contributed by atoms with Crippen LogP contribution in [0.4, 0.5) is 4.79 Å². The number of unbranched alkanes of at least 4 members (excludes halogenated alkanes) is 9. The first-order chi connectivity index (χ1) is 12.0. The molecule has 0 spiro atoms. The topological polar surface area (TPSA) is 55.8 Å². The molecular weight excluding hydrogens is 342 g/mol. The van der Waals surface area contributed by atoms with Gasteiger partial charge in [0.05, 0.1) is 12.5 Å². The van der Waals surface area contributed by atoms with E-state index in [2.05, 4.69) is 6.92 Å². The van der Waals surface area contributed by atoms with Crippen molar-refractivity contribution < 1.29 is 19.1 Å². The Morgan fingerprint density at radius 3 is 1.92 bits per heavy atom. The quantitative estimate of drug-likeness (QED) is 0.225. The largest absolute Gasteiger partial charge is 0.464 e. The Balaban J connectivity index is 3.61. The minimum Gasteiger partial charge on any atom is -0.464 e. The smallest absolute Gasteiger partial charge is 0.410 e. The van der Waals surface area contributed by atoms with Crippen LogP contribution in [-0.4, -0.2) is 49.1 Å². The van der Waals surface area contributed by atoms with Gasteiger partial charge in [0.25, 0.3) is 0 Å². The summed E-state index contributed by atoms with van der Waals surface area (Å²) < 4.78 is 10.1. The molecule has 148 valence electrons. The van der Waals surface area contributed by atoms with Gasteiger partial charge in [-0.15, -0.1) is 11.6 Å². The monoisotopic (exact) mass is 377 g/mol. The third-order valence-corrected chi connectivity index (χ3v) is 4.41. The van der Waals surface area contributed by atoms with Crippen LogP contribution >= 0.6 is 11.6 Å². The lowest BCUT2D eigenvalue weighted by Crippen LogP contribution is -2.41. The molecule has 0 radical (unpaired) electrons. The number of hydrogen-bond donors (Lipinski definition) is 0. The molecule has 5 nitrogen and oxygen atoms in total. The molecule has 0 saturated heterocycles. The van der Waals surface area contributed by atoms with Gasteiger partial charge in [0.15, 0.2) is 0 Å². The molecule has 0 aliphatic rings. The van der Waals surface area contributed by atoms with Gasteiger partial charge < -0.3 is 9.47 Å². The number of likely N-dealkylation sites (N-methyl/N-ethyl adjacent to an activating group) is 1.